The summed E-state index contributed by atoms with van der Waals surface area (Å²) in [6, 6.07) is 5.66. The fourth-order valence-electron chi connectivity index (χ4n) is 1.87. The summed E-state index contributed by atoms with van der Waals surface area (Å²) in [6.07, 6.45) is 1.92. The molecule has 0 spiro atoms. The van der Waals surface area contributed by atoms with E-state index in [1.165, 1.54) is 0 Å². The van der Waals surface area contributed by atoms with E-state index in [0.29, 0.717) is 12.5 Å². The molecule has 0 saturated carbocycles. The first-order chi connectivity index (χ1) is 10.1. The molecule has 0 atom stereocenters. The van der Waals surface area contributed by atoms with Crippen molar-refractivity contribution in [1.82, 2.24) is 10.6 Å². The molecule has 0 aliphatic carbocycles. The summed E-state index contributed by atoms with van der Waals surface area (Å²) in [5.41, 5.74) is 2.93. The summed E-state index contributed by atoms with van der Waals surface area (Å²) in [6.45, 7) is 9.55. The van der Waals surface area contributed by atoms with Gasteiger partial charge in [-0.3, -0.25) is 10.3 Å². The van der Waals surface area contributed by atoms with Crippen molar-refractivity contribution in [2.24, 2.45) is 4.99 Å². The van der Waals surface area contributed by atoms with Crippen LogP contribution in [0.2, 0.25) is 0 Å². The van der Waals surface area contributed by atoms with Crippen LogP contribution in [0.4, 0.5) is 10.5 Å². The molecule has 0 aromatic heterocycles. The van der Waals surface area contributed by atoms with Crippen LogP contribution in [-0.4, -0.2) is 25.1 Å². The number of hydrogen-bond donors (Lipinski definition) is 3. The lowest BCUT2D eigenvalue weighted by Gasteiger charge is -2.14. The number of para-hydroxylation sites is 1. The van der Waals surface area contributed by atoms with Crippen molar-refractivity contribution < 1.29 is 4.79 Å². The quantitative estimate of drug-likeness (QED) is 0.576. The van der Waals surface area contributed by atoms with Crippen LogP contribution in [0.15, 0.2) is 23.2 Å². The molecule has 0 aliphatic heterocycles. The van der Waals surface area contributed by atoms with E-state index in [9.17, 15) is 4.79 Å². The molecule has 0 heterocycles. The Morgan fingerprint density at radius 1 is 1.14 bits per heavy atom. The number of carbonyl (C=O) groups excluding carboxylic acids is 1. The monoisotopic (exact) mass is 290 g/mol. The normalized spacial score (nSPS) is 11.1. The molecule has 21 heavy (non-hydrogen) atoms. The Morgan fingerprint density at radius 2 is 1.81 bits per heavy atom. The number of aliphatic imine (C=N–C) groups is 1. The summed E-state index contributed by atoms with van der Waals surface area (Å²) in [5.74, 6) is 0.530. The van der Waals surface area contributed by atoms with Gasteiger partial charge in [0.2, 0.25) is 0 Å². The number of rotatable bonds is 5. The van der Waals surface area contributed by atoms with Gasteiger partial charge in [-0.25, -0.2) is 4.79 Å². The second-order valence-electron chi connectivity index (χ2n) is 5.00. The number of carbonyl (C=O) groups is 1. The lowest BCUT2D eigenvalue weighted by molar-refractivity contribution is 0.256. The number of nitrogens with one attached hydrogen (secondary N) is 3. The van der Waals surface area contributed by atoms with E-state index in [-0.39, 0.29) is 6.03 Å². The Bertz CT molecular complexity index is 477. The van der Waals surface area contributed by atoms with Crippen LogP contribution >= 0.6 is 0 Å². The van der Waals surface area contributed by atoms with Crippen LogP contribution < -0.4 is 16.0 Å². The highest BCUT2D eigenvalue weighted by Gasteiger charge is 2.09. The van der Waals surface area contributed by atoms with Gasteiger partial charge in [0, 0.05) is 18.8 Å². The van der Waals surface area contributed by atoms with Gasteiger partial charge >= 0.3 is 6.03 Å². The zero-order chi connectivity index (χ0) is 15.7. The topological polar surface area (TPSA) is 65.5 Å². The maximum atomic E-state index is 12.1. The molecule has 5 heteroatoms. The summed E-state index contributed by atoms with van der Waals surface area (Å²) in [4.78, 5) is 16.5. The van der Waals surface area contributed by atoms with Crippen LogP contribution in [0.3, 0.4) is 0 Å². The Morgan fingerprint density at radius 3 is 2.38 bits per heavy atom. The Kier molecular flexibility index (Phi) is 7.29. The van der Waals surface area contributed by atoms with Crippen LogP contribution in [0.5, 0.6) is 0 Å². The summed E-state index contributed by atoms with van der Waals surface area (Å²) in [7, 11) is 0. The van der Waals surface area contributed by atoms with Crippen molar-refractivity contribution in [2.75, 3.05) is 18.4 Å². The third-order valence-corrected chi connectivity index (χ3v) is 2.99. The molecule has 2 amide bonds. The molecule has 0 radical (unpaired) electrons. The third-order valence-electron chi connectivity index (χ3n) is 2.99. The van der Waals surface area contributed by atoms with Crippen LogP contribution in [0, 0.1) is 13.8 Å². The lowest BCUT2D eigenvalue weighted by Crippen LogP contribution is -2.43. The largest absolute Gasteiger partial charge is 0.356 e. The Hall–Kier alpha value is -2.04. The van der Waals surface area contributed by atoms with Crippen molar-refractivity contribution in [2.45, 2.75) is 40.5 Å². The molecule has 0 unspecified atom stereocenters. The van der Waals surface area contributed by atoms with Gasteiger partial charge in [0.15, 0.2) is 5.96 Å². The van der Waals surface area contributed by atoms with E-state index < -0.39 is 0 Å². The molecule has 3 N–H and O–H groups in total. The van der Waals surface area contributed by atoms with Crippen molar-refractivity contribution in [3.8, 4) is 0 Å². The molecule has 1 aromatic rings. The maximum Gasteiger partial charge on any atom is 0.326 e. The Balaban J connectivity index is 2.69. The van der Waals surface area contributed by atoms with Gasteiger partial charge in [-0.05, 0) is 37.8 Å². The highest BCUT2D eigenvalue weighted by molar-refractivity contribution is 6.03. The van der Waals surface area contributed by atoms with E-state index in [2.05, 4.69) is 34.8 Å². The fraction of sp³-hybridized carbons (Fsp3) is 0.500. The minimum Gasteiger partial charge on any atom is -0.356 e. The number of anilines is 1. The van der Waals surface area contributed by atoms with Gasteiger partial charge in [0.05, 0.1) is 0 Å². The fourth-order valence-corrected chi connectivity index (χ4v) is 1.87. The number of urea groups is 1. The molecular weight excluding hydrogens is 264 g/mol. The molecule has 0 aliphatic rings. The van der Waals surface area contributed by atoms with Crippen LogP contribution in [0.25, 0.3) is 0 Å². The highest BCUT2D eigenvalue weighted by Crippen LogP contribution is 2.18. The van der Waals surface area contributed by atoms with Gasteiger partial charge in [0.25, 0.3) is 0 Å². The van der Waals surface area contributed by atoms with E-state index in [4.69, 9.17) is 0 Å². The molecule has 1 rings (SSSR count). The number of aryl methyl sites for hydroxylation is 2. The molecule has 0 saturated heterocycles. The van der Waals surface area contributed by atoms with Crippen LogP contribution in [-0.2, 0) is 0 Å². The number of benzene rings is 1. The van der Waals surface area contributed by atoms with Crippen molar-refractivity contribution >= 4 is 17.7 Å². The lowest BCUT2D eigenvalue weighted by atomic mass is 10.1. The SMILES string of the molecule is CCCN=C(NCCC)NC(=O)Nc1c(C)cccc1C. The average molecular weight is 290 g/mol. The van der Waals surface area contributed by atoms with Gasteiger partial charge in [-0.1, -0.05) is 32.0 Å². The number of hydrogen-bond acceptors (Lipinski definition) is 2. The molecular formula is C16H26N4O. The second-order valence-corrected chi connectivity index (χ2v) is 5.00. The molecule has 0 fully saturated rings. The third kappa shape index (κ3) is 5.85. The van der Waals surface area contributed by atoms with Gasteiger partial charge in [-0.15, -0.1) is 0 Å². The smallest absolute Gasteiger partial charge is 0.326 e. The van der Waals surface area contributed by atoms with Crippen molar-refractivity contribution in [3.63, 3.8) is 0 Å². The number of nitrogens with zero attached hydrogens (tertiary/aromatic N) is 1. The van der Waals surface area contributed by atoms with Crippen molar-refractivity contribution in [1.29, 1.82) is 0 Å². The first-order valence-corrected chi connectivity index (χ1v) is 7.51. The first kappa shape index (κ1) is 17.0. The minimum absolute atomic E-state index is 0.272. The highest BCUT2D eigenvalue weighted by atomic mass is 16.2. The second kappa shape index (κ2) is 9.00. The minimum atomic E-state index is -0.272. The summed E-state index contributed by atoms with van der Waals surface area (Å²) < 4.78 is 0. The van der Waals surface area contributed by atoms with E-state index >= 15 is 0 Å². The standard InChI is InChI=1S/C16H26N4O/c1-5-10-17-15(18-11-6-2)20-16(21)19-14-12(3)8-7-9-13(14)4/h7-9H,5-6,10-11H2,1-4H3,(H3,17,18,19,20,21). The van der Waals surface area contributed by atoms with Gasteiger partial charge < -0.3 is 10.6 Å². The first-order valence-electron chi connectivity index (χ1n) is 7.51. The number of amides is 2. The zero-order valence-corrected chi connectivity index (χ0v) is 13.4. The molecule has 5 nitrogen and oxygen atoms in total. The van der Waals surface area contributed by atoms with E-state index in [0.717, 1.165) is 36.2 Å². The van der Waals surface area contributed by atoms with E-state index in [1.54, 1.807) is 0 Å². The predicted molar refractivity (Wildman–Crippen MR) is 89.0 cm³/mol. The summed E-state index contributed by atoms with van der Waals surface area (Å²) >= 11 is 0. The van der Waals surface area contributed by atoms with E-state index in [1.807, 2.05) is 32.0 Å². The zero-order valence-electron chi connectivity index (χ0n) is 13.4. The average Bonchev–Trinajstić information content (AvgIpc) is 2.46. The predicted octanol–water partition coefficient (Wildman–Crippen LogP) is 3.19. The molecule has 0 bridgehead atoms. The Labute approximate surface area is 127 Å². The number of guanidine groups is 1. The van der Waals surface area contributed by atoms with Crippen LogP contribution in [0.1, 0.15) is 37.8 Å². The molecule has 116 valence electrons. The maximum absolute atomic E-state index is 12.1. The van der Waals surface area contributed by atoms with Gasteiger partial charge in [-0.2, -0.15) is 0 Å². The molecule has 1 aromatic carbocycles. The van der Waals surface area contributed by atoms with Gasteiger partial charge in [0.1, 0.15) is 0 Å². The van der Waals surface area contributed by atoms with Crippen molar-refractivity contribution in [3.05, 3.63) is 29.3 Å². The summed E-state index contributed by atoms with van der Waals surface area (Å²) in [5, 5.41) is 8.80.